The van der Waals surface area contributed by atoms with Crippen molar-refractivity contribution in [2.24, 2.45) is 0 Å². The molecule has 1 heterocycles. The van der Waals surface area contributed by atoms with E-state index in [2.05, 4.69) is 36.3 Å². The van der Waals surface area contributed by atoms with E-state index in [-0.39, 0.29) is 0 Å². The molecule has 2 rings (SSSR count). The Hall–Kier alpha value is -0.480. The van der Waals surface area contributed by atoms with Gasteiger partial charge >= 0.3 is 0 Å². The van der Waals surface area contributed by atoms with Crippen LogP contribution in [0.25, 0.3) is 0 Å². The minimum Gasteiger partial charge on any atom is -0.308 e. The Morgan fingerprint density at radius 2 is 2.00 bits per heavy atom. The lowest BCUT2D eigenvalue weighted by molar-refractivity contribution is 0.317. The van der Waals surface area contributed by atoms with E-state index < -0.39 is 0 Å². The summed E-state index contributed by atoms with van der Waals surface area (Å²) in [5, 5.41) is 14.6. The molecule has 1 aliphatic carbocycles. The predicted molar refractivity (Wildman–Crippen MR) is 72.4 cm³/mol. The van der Waals surface area contributed by atoms with Crippen molar-refractivity contribution in [1.82, 2.24) is 15.5 Å². The first-order valence-electron chi connectivity index (χ1n) is 6.73. The fraction of sp³-hybridized carbons (Fsp3) is 0.846. The molecule has 96 valence electrons. The van der Waals surface area contributed by atoms with Gasteiger partial charge in [0.1, 0.15) is 10.0 Å². The zero-order valence-corrected chi connectivity index (χ0v) is 11.9. The molecule has 1 N–H and O–H groups in total. The highest BCUT2D eigenvalue weighted by Crippen LogP contribution is 2.40. The minimum atomic E-state index is 0.292. The lowest BCUT2D eigenvalue weighted by atomic mass is 9.76. The summed E-state index contributed by atoms with van der Waals surface area (Å²) < 4.78 is 0. The summed E-state index contributed by atoms with van der Waals surface area (Å²) in [7, 11) is 0. The van der Waals surface area contributed by atoms with Gasteiger partial charge in [0.25, 0.3) is 0 Å². The largest absolute Gasteiger partial charge is 0.308 e. The molecule has 0 amide bonds. The minimum absolute atomic E-state index is 0.292. The molecule has 0 aliphatic heterocycles. The first kappa shape index (κ1) is 13.0. The molecular weight excluding hydrogens is 230 g/mol. The van der Waals surface area contributed by atoms with Crippen LogP contribution in [0.5, 0.6) is 0 Å². The Balaban J connectivity index is 2.11. The third-order valence-electron chi connectivity index (χ3n) is 3.79. The maximum Gasteiger partial charge on any atom is 0.134 e. The van der Waals surface area contributed by atoms with Crippen LogP contribution >= 0.6 is 11.3 Å². The van der Waals surface area contributed by atoms with Crippen molar-refractivity contribution in [2.45, 2.75) is 64.3 Å². The molecule has 1 fully saturated rings. The molecule has 17 heavy (non-hydrogen) atoms. The van der Waals surface area contributed by atoms with Crippen molar-refractivity contribution in [3.05, 3.63) is 10.0 Å². The van der Waals surface area contributed by atoms with E-state index in [9.17, 15) is 0 Å². The standard InChI is InChI=1S/C13H23N3S/c1-4-14-10(2)11-15-16-12(17-11)13(3)8-6-5-7-9-13/h10,14H,4-9H2,1-3H3. The van der Waals surface area contributed by atoms with Crippen molar-refractivity contribution in [1.29, 1.82) is 0 Å². The molecule has 0 aromatic carbocycles. The normalized spacial score (nSPS) is 21.4. The van der Waals surface area contributed by atoms with Crippen molar-refractivity contribution < 1.29 is 0 Å². The molecule has 1 saturated carbocycles. The van der Waals surface area contributed by atoms with Gasteiger partial charge in [-0.05, 0) is 26.3 Å². The highest BCUT2D eigenvalue weighted by atomic mass is 32.1. The van der Waals surface area contributed by atoms with E-state index in [0.717, 1.165) is 11.6 Å². The van der Waals surface area contributed by atoms with Crippen LogP contribution in [0.1, 0.15) is 68.9 Å². The van der Waals surface area contributed by atoms with Crippen molar-refractivity contribution in [3.63, 3.8) is 0 Å². The van der Waals surface area contributed by atoms with Crippen LogP contribution < -0.4 is 5.32 Å². The number of nitrogens with zero attached hydrogens (tertiary/aromatic N) is 2. The molecule has 1 unspecified atom stereocenters. The van der Waals surface area contributed by atoms with E-state index in [1.54, 1.807) is 11.3 Å². The van der Waals surface area contributed by atoms with Gasteiger partial charge in [0.05, 0.1) is 6.04 Å². The van der Waals surface area contributed by atoms with E-state index in [1.807, 2.05) is 0 Å². The summed E-state index contributed by atoms with van der Waals surface area (Å²) in [4.78, 5) is 0. The quantitative estimate of drug-likeness (QED) is 0.893. The third-order valence-corrected chi connectivity index (χ3v) is 5.21. The maximum atomic E-state index is 4.44. The second kappa shape index (κ2) is 5.44. The van der Waals surface area contributed by atoms with Gasteiger partial charge in [-0.25, -0.2) is 0 Å². The number of nitrogens with one attached hydrogen (secondary N) is 1. The van der Waals surface area contributed by atoms with E-state index in [0.29, 0.717) is 11.5 Å². The maximum absolute atomic E-state index is 4.44. The molecule has 0 saturated heterocycles. The van der Waals surface area contributed by atoms with Gasteiger partial charge in [-0.3, -0.25) is 0 Å². The SMILES string of the molecule is CCNC(C)c1nnc(C2(C)CCCCC2)s1. The van der Waals surface area contributed by atoms with Crippen LogP contribution in [0.4, 0.5) is 0 Å². The van der Waals surface area contributed by atoms with Crippen molar-refractivity contribution in [2.75, 3.05) is 6.54 Å². The van der Waals surface area contributed by atoms with Crippen LogP contribution in [0.3, 0.4) is 0 Å². The zero-order chi connectivity index (χ0) is 12.3. The second-order valence-corrected chi connectivity index (χ2v) is 6.36. The molecule has 1 atom stereocenters. The molecule has 0 spiro atoms. The smallest absolute Gasteiger partial charge is 0.134 e. The van der Waals surface area contributed by atoms with Gasteiger partial charge in [0, 0.05) is 5.41 Å². The summed E-state index contributed by atoms with van der Waals surface area (Å²) in [6.45, 7) is 7.62. The first-order valence-corrected chi connectivity index (χ1v) is 7.54. The first-order chi connectivity index (χ1) is 8.15. The fourth-order valence-corrected chi connectivity index (χ4v) is 3.66. The summed E-state index contributed by atoms with van der Waals surface area (Å²) >= 11 is 1.80. The predicted octanol–water partition coefficient (Wildman–Crippen LogP) is 3.43. The Bertz CT molecular complexity index is 355. The Morgan fingerprint density at radius 1 is 1.29 bits per heavy atom. The third kappa shape index (κ3) is 2.86. The Kier molecular flexibility index (Phi) is 4.15. The molecule has 4 heteroatoms. The number of rotatable bonds is 4. The van der Waals surface area contributed by atoms with E-state index in [4.69, 9.17) is 0 Å². The van der Waals surface area contributed by atoms with Gasteiger partial charge < -0.3 is 5.32 Å². The molecule has 3 nitrogen and oxygen atoms in total. The van der Waals surface area contributed by atoms with E-state index >= 15 is 0 Å². The van der Waals surface area contributed by atoms with Crippen LogP contribution in [0.2, 0.25) is 0 Å². The van der Waals surface area contributed by atoms with Gasteiger partial charge in [-0.1, -0.05) is 44.4 Å². The summed E-state index contributed by atoms with van der Waals surface area (Å²) in [5.41, 5.74) is 0.292. The van der Waals surface area contributed by atoms with Crippen LogP contribution in [0, 0.1) is 0 Å². The molecule has 0 bridgehead atoms. The van der Waals surface area contributed by atoms with Gasteiger partial charge in [-0.15, -0.1) is 10.2 Å². The second-order valence-electron chi connectivity index (χ2n) is 5.35. The average molecular weight is 253 g/mol. The van der Waals surface area contributed by atoms with Gasteiger partial charge in [0.15, 0.2) is 0 Å². The number of aromatic nitrogens is 2. The monoisotopic (exact) mass is 253 g/mol. The lowest BCUT2D eigenvalue weighted by Gasteiger charge is -2.30. The summed E-state index contributed by atoms with van der Waals surface area (Å²) in [6, 6.07) is 0.332. The topological polar surface area (TPSA) is 37.8 Å². The zero-order valence-electron chi connectivity index (χ0n) is 11.1. The van der Waals surface area contributed by atoms with Crippen LogP contribution in [-0.2, 0) is 5.41 Å². The highest BCUT2D eigenvalue weighted by Gasteiger charge is 2.32. The molecule has 1 aromatic rings. The van der Waals surface area contributed by atoms with Crippen molar-refractivity contribution in [3.8, 4) is 0 Å². The Morgan fingerprint density at radius 3 is 2.65 bits per heavy atom. The van der Waals surface area contributed by atoms with Gasteiger partial charge in [-0.2, -0.15) is 0 Å². The van der Waals surface area contributed by atoms with E-state index in [1.165, 1.54) is 37.1 Å². The molecular formula is C13H23N3S. The Labute approximate surface area is 108 Å². The fourth-order valence-electron chi connectivity index (χ4n) is 2.59. The van der Waals surface area contributed by atoms with Crippen LogP contribution in [0.15, 0.2) is 0 Å². The summed E-state index contributed by atoms with van der Waals surface area (Å²) in [5.74, 6) is 0. The van der Waals surface area contributed by atoms with Gasteiger partial charge in [0.2, 0.25) is 0 Å². The highest BCUT2D eigenvalue weighted by molar-refractivity contribution is 7.11. The number of hydrogen-bond donors (Lipinski definition) is 1. The average Bonchev–Trinajstić information content (AvgIpc) is 2.80. The van der Waals surface area contributed by atoms with Crippen LogP contribution in [-0.4, -0.2) is 16.7 Å². The molecule has 1 aromatic heterocycles. The number of hydrogen-bond acceptors (Lipinski definition) is 4. The summed E-state index contributed by atoms with van der Waals surface area (Å²) in [6.07, 6.45) is 6.62. The molecule has 0 radical (unpaired) electrons. The lowest BCUT2D eigenvalue weighted by Crippen LogP contribution is -2.24. The van der Waals surface area contributed by atoms with Crippen molar-refractivity contribution >= 4 is 11.3 Å². The molecule has 1 aliphatic rings.